The van der Waals surface area contributed by atoms with Gasteiger partial charge in [-0.3, -0.25) is 4.79 Å². The van der Waals surface area contributed by atoms with E-state index < -0.39 is 0 Å². The fourth-order valence-corrected chi connectivity index (χ4v) is 2.24. The second-order valence-electron chi connectivity index (χ2n) is 5.28. The number of rotatable bonds is 6. The zero-order valence-corrected chi connectivity index (χ0v) is 13.1. The predicted molar refractivity (Wildman–Crippen MR) is 90.4 cm³/mol. The zero-order valence-electron chi connectivity index (χ0n) is 13.1. The summed E-state index contributed by atoms with van der Waals surface area (Å²) >= 11 is 0. The first-order chi connectivity index (χ1) is 10.6. The van der Waals surface area contributed by atoms with Crippen molar-refractivity contribution < 1.29 is 9.53 Å². The van der Waals surface area contributed by atoms with Crippen molar-refractivity contribution in [3.05, 3.63) is 71.8 Å². The number of carbonyl (C=O) groups excluding carboxylic acids is 1. The van der Waals surface area contributed by atoms with E-state index in [2.05, 4.69) is 18.0 Å². The van der Waals surface area contributed by atoms with Gasteiger partial charge in [-0.25, -0.2) is 0 Å². The molecule has 0 aliphatic heterocycles. The van der Waals surface area contributed by atoms with E-state index in [9.17, 15) is 4.79 Å². The van der Waals surface area contributed by atoms with Crippen LogP contribution in [-0.2, 0) is 11.2 Å². The molecule has 0 aliphatic rings. The van der Waals surface area contributed by atoms with E-state index in [0.717, 1.165) is 16.8 Å². The Morgan fingerprint density at radius 1 is 1.23 bits per heavy atom. The standard InChI is InChI=1S/C19H21NO2/c1-4-10-22-18-7-5-6-17(13-18)20-19(21)12-16-9-8-14(2)11-15(16)3/h4-9,11,13H,1,10,12H2,2-3H3,(H,20,21). The summed E-state index contributed by atoms with van der Waals surface area (Å²) in [4.78, 5) is 12.2. The first-order valence-electron chi connectivity index (χ1n) is 7.28. The first kappa shape index (κ1) is 15.8. The van der Waals surface area contributed by atoms with Crippen LogP contribution < -0.4 is 10.1 Å². The summed E-state index contributed by atoms with van der Waals surface area (Å²) in [6, 6.07) is 13.5. The van der Waals surface area contributed by atoms with Crippen molar-refractivity contribution in [3.8, 4) is 5.75 Å². The van der Waals surface area contributed by atoms with Gasteiger partial charge in [0.05, 0.1) is 6.42 Å². The molecular weight excluding hydrogens is 274 g/mol. The molecule has 2 aromatic rings. The smallest absolute Gasteiger partial charge is 0.228 e. The monoisotopic (exact) mass is 295 g/mol. The molecule has 0 saturated heterocycles. The van der Waals surface area contributed by atoms with Crippen LogP contribution in [0, 0.1) is 13.8 Å². The lowest BCUT2D eigenvalue weighted by Crippen LogP contribution is -2.15. The largest absolute Gasteiger partial charge is 0.489 e. The number of carbonyl (C=O) groups is 1. The minimum Gasteiger partial charge on any atom is -0.489 e. The molecule has 0 aliphatic carbocycles. The molecule has 114 valence electrons. The fraction of sp³-hybridized carbons (Fsp3) is 0.211. The molecule has 0 radical (unpaired) electrons. The van der Waals surface area contributed by atoms with Crippen LogP contribution in [0.15, 0.2) is 55.1 Å². The highest BCUT2D eigenvalue weighted by atomic mass is 16.5. The highest BCUT2D eigenvalue weighted by Crippen LogP contribution is 2.18. The van der Waals surface area contributed by atoms with Crippen LogP contribution in [0.2, 0.25) is 0 Å². The van der Waals surface area contributed by atoms with E-state index in [1.54, 1.807) is 6.08 Å². The summed E-state index contributed by atoms with van der Waals surface area (Å²) in [6.45, 7) is 8.13. The van der Waals surface area contributed by atoms with Gasteiger partial charge in [-0.05, 0) is 37.1 Å². The maximum Gasteiger partial charge on any atom is 0.228 e. The summed E-state index contributed by atoms with van der Waals surface area (Å²) in [7, 11) is 0. The van der Waals surface area contributed by atoms with Gasteiger partial charge in [-0.15, -0.1) is 0 Å². The minimum absolute atomic E-state index is 0.0344. The van der Waals surface area contributed by atoms with Crippen molar-refractivity contribution in [3.63, 3.8) is 0 Å². The molecule has 2 aromatic carbocycles. The number of hydrogen-bond acceptors (Lipinski definition) is 2. The maximum atomic E-state index is 12.2. The Hall–Kier alpha value is -2.55. The summed E-state index contributed by atoms with van der Waals surface area (Å²) in [5.74, 6) is 0.678. The molecule has 0 heterocycles. The molecular formula is C19H21NO2. The average molecular weight is 295 g/mol. The van der Waals surface area contributed by atoms with Gasteiger partial charge in [0.1, 0.15) is 12.4 Å². The molecule has 0 spiro atoms. The SMILES string of the molecule is C=CCOc1cccc(NC(=O)Cc2ccc(C)cc2C)c1. The average Bonchev–Trinajstić information content (AvgIpc) is 2.48. The van der Waals surface area contributed by atoms with Crippen molar-refractivity contribution in [1.29, 1.82) is 0 Å². The van der Waals surface area contributed by atoms with E-state index >= 15 is 0 Å². The van der Waals surface area contributed by atoms with Crippen LogP contribution >= 0.6 is 0 Å². The maximum absolute atomic E-state index is 12.2. The highest BCUT2D eigenvalue weighted by molar-refractivity contribution is 5.92. The van der Waals surface area contributed by atoms with Crippen LogP contribution in [0.1, 0.15) is 16.7 Å². The Labute approximate surface area is 131 Å². The molecule has 0 atom stereocenters. The van der Waals surface area contributed by atoms with Gasteiger partial charge in [0.25, 0.3) is 0 Å². The molecule has 0 bridgehead atoms. The summed E-state index contributed by atoms with van der Waals surface area (Å²) in [5.41, 5.74) is 4.12. The number of anilines is 1. The number of aryl methyl sites for hydroxylation is 2. The first-order valence-corrected chi connectivity index (χ1v) is 7.28. The van der Waals surface area contributed by atoms with E-state index in [1.807, 2.05) is 50.2 Å². The van der Waals surface area contributed by atoms with Gasteiger partial charge in [0.2, 0.25) is 5.91 Å². The number of ether oxygens (including phenoxy) is 1. The molecule has 0 saturated carbocycles. The second-order valence-corrected chi connectivity index (χ2v) is 5.28. The van der Waals surface area contributed by atoms with E-state index in [-0.39, 0.29) is 5.91 Å². The van der Waals surface area contributed by atoms with Crippen molar-refractivity contribution in [2.75, 3.05) is 11.9 Å². The minimum atomic E-state index is -0.0344. The van der Waals surface area contributed by atoms with Crippen molar-refractivity contribution in [2.45, 2.75) is 20.3 Å². The molecule has 1 N–H and O–H groups in total. The van der Waals surface area contributed by atoms with Crippen molar-refractivity contribution in [2.24, 2.45) is 0 Å². The third-order valence-electron chi connectivity index (χ3n) is 3.33. The van der Waals surface area contributed by atoms with Gasteiger partial charge in [-0.2, -0.15) is 0 Å². The van der Waals surface area contributed by atoms with E-state index in [1.165, 1.54) is 5.56 Å². The number of benzene rings is 2. The lowest BCUT2D eigenvalue weighted by atomic mass is 10.0. The fourth-order valence-electron chi connectivity index (χ4n) is 2.24. The molecule has 0 aromatic heterocycles. The summed E-state index contributed by atoms with van der Waals surface area (Å²) in [6.07, 6.45) is 2.05. The third-order valence-corrected chi connectivity index (χ3v) is 3.33. The Morgan fingerprint density at radius 2 is 2.05 bits per heavy atom. The van der Waals surface area contributed by atoms with Crippen LogP contribution in [0.25, 0.3) is 0 Å². The molecule has 3 heteroatoms. The molecule has 0 fully saturated rings. The summed E-state index contributed by atoms with van der Waals surface area (Å²) < 4.78 is 5.46. The van der Waals surface area contributed by atoms with Crippen LogP contribution in [0.3, 0.4) is 0 Å². The second kappa shape index (κ2) is 7.46. The summed E-state index contributed by atoms with van der Waals surface area (Å²) in [5, 5.41) is 2.90. The Morgan fingerprint density at radius 3 is 2.77 bits per heavy atom. The van der Waals surface area contributed by atoms with Gasteiger partial charge in [0, 0.05) is 11.8 Å². The molecule has 2 rings (SSSR count). The van der Waals surface area contributed by atoms with E-state index in [0.29, 0.717) is 18.8 Å². The van der Waals surface area contributed by atoms with Crippen molar-refractivity contribution >= 4 is 11.6 Å². The number of nitrogens with one attached hydrogen (secondary N) is 1. The van der Waals surface area contributed by atoms with Gasteiger partial charge in [0.15, 0.2) is 0 Å². The lowest BCUT2D eigenvalue weighted by molar-refractivity contribution is -0.115. The zero-order chi connectivity index (χ0) is 15.9. The van der Waals surface area contributed by atoms with Crippen LogP contribution in [0.5, 0.6) is 5.75 Å². The van der Waals surface area contributed by atoms with Crippen molar-refractivity contribution in [1.82, 2.24) is 0 Å². The van der Waals surface area contributed by atoms with Crippen LogP contribution in [-0.4, -0.2) is 12.5 Å². The van der Waals surface area contributed by atoms with Gasteiger partial charge >= 0.3 is 0 Å². The third kappa shape index (κ3) is 4.48. The van der Waals surface area contributed by atoms with Gasteiger partial charge < -0.3 is 10.1 Å². The Kier molecular flexibility index (Phi) is 5.37. The highest BCUT2D eigenvalue weighted by Gasteiger charge is 2.07. The topological polar surface area (TPSA) is 38.3 Å². The Balaban J connectivity index is 2.01. The van der Waals surface area contributed by atoms with Crippen LogP contribution in [0.4, 0.5) is 5.69 Å². The predicted octanol–water partition coefficient (Wildman–Crippen LogP) is 4.05. The van der Waals surface area contributed by atoms with Gasteiger partial charge in [-0.1, -0.05) is 42.5 Å². The quantitative estimate of drug-likeness (QED) is 0.816. The molecule has 3 nitrogen and oxygen atoms in total. The molecule has 0 unspecified atom stereocenters. The number of amides is 1. The van der Waals surface area contributed by atoms with E-state index in [4.69, 9.17) is 4.74 Å². The lowest BCUT2D eigenvalue weighted by Gasteiger charge is -2.10. The molecule has 22 heavy (non-hydrogen) atoms. The number of hydrogen-bond donors (Lipinski definition) is 1. The Bertz CT molecular complexity index is 677. The normalized spacial score (nSPS) is 10.1. The molecule has 1 amide bonds.